The van der Waals surface area contributed by atoms with Gasteiger partial charge in [-0.3, -0.25) is 0 Å². The van der Waals surface area contributed by atoms with Gasteiger partial charge < -0.3 is 5.11 Å². The van der Waals surface area contributed by atoms with Crippen LogP contribution in [-0.4, -0.2) is 36.9 Å². The molecule has 5 nitrogen and oxygen atoms in total. The maximum absolute atomic E-state index is 12.6. The molecule has 1 aliphatic heterocycles. The van der Waals surface area contributed by atoms with Crippen LogP contribution in [0.25, 0.3) is 0 Å². The number of carbonyl (C=O) groups is 1. The highest BCUT2D eigenvalue weighted by Gasteiger charge is 2.29. The van der Waals surface area contributed by atoms with Gasteiger partial charge in [-0.25, -0.2) is 13.2 Å². The highest BCUT2D eigenvalue weighted by Crippen LogP contribution is 2.26. The van der Waals surface area contributed by atoms with E-state index in [4.69, 9.17) is 5.11 Å². The molecule has 1 aromatic rings. The number of carboxylic acid groups (broad SMARTS) is 1. The molecule has 1 heterocycles. The Morgan fingerprint density at radius 2 is 2.00 bits per heavy atom. The van der Waals surface area contributed by atoms with Crippen LogP contribution in [0.2, 0.25) is 0 Å². The minimum Gasteiger partial charge on any atom is -0.478 e. The predicted molar refractivity (Wildman–Crippen MR) is 87.9 cm³/mol. The molecule has 0 aliphatic carbocycles. The maximum atomic E-state index is 12.6. The number of halogens is 1. The van der Waals surface area contributed by atoms with E-state index >= 15 is 0 Å². The van der Waals surface area contributed by atoms with Crippen molar-refractivity contribution in [2.45, 2.75) is 31.1 Å². The lowest BCUT2D eigenvalue weighted by Gasteiger charge is -2.30. The summed E-state index contributed by atoms with van der Waals surface area (Å²) in [5, 5.41) is 9.12. The van der Waals surface area contributed by atoms with Crippen LogP contribution in [0.5, 0.6) is 0 Å². The molecular formula is C14H18INO4S. The van der Waals surface area contributed by atoms with Crippen molar-refractivity contribution in [3.63, 3.8) is 0 Å². The highest BCUT2D eigenvalue weighted by atomic mass is 127. The van der Waals surface area contributed by atoms with Gasteiger partial charge in [0.25, 0.3) is 0 Å². The number of rotatable bonds is 4. The van der Waals surface area contributed by atoms with Crippen molar-refractivity contribution >= 4 is 38.6 Å². The lowest BCUT2D eigenvalue weighted by molar-refractivity contribution is 0.0695. The van der Waals surface area contributed by atoms with Crippen molar-refractivity contribution < 1.29 is 18.3 Å². The zero-order valence-electron chi connectivity index (χ0n) is 11.8. The first kappa shape index (κ1) is 16.7. The summed E-state index contributed by atoms with van der Waals surface area (Å²) in [4.78, 5) is 11.2. The van der Waals surface area contributed by atoms with E-state index in [-0.39, 0.29) is 10.5 Å². The van der Waals surface area contributed by atoms with E-state index in [0.29, 0.717) is 22.6 Å². The Morgan fingerprint density at radius 3 is 2.52 bits per heavy atom. The standard InChI is InChI=1S/C14H18INO4S/c1-2-10-5-7-16(8-6-10)21(19,20)11-3-4-13(15)12(9-11)14(17)18/h3-4,9-10H,2,5-8H2,1H3,(H,17,18). The summed E-state index contributed by atoms with van der Waals surface area (Å²) < 4.78 is 27.2. The second kappa shape index (κ2) is 6.62. The van der Waals surface area contributed by atoms with Crippen molar-refractivity contribution in [2.24, 2.45) is 5.92 Å². The monoisotopic (exact) mass is 423 g/mol. The topological polar surface area (TPSA) is 74.7 Å². The van der Waals surface area contributed by atoms with Crippen LogP contribution in [0.3, 0.4) is 0 Å². The molecule has 1 aromatic carbocycles. The fourth-order valence-corrected chi connectivity index (χ4v) is 4.60. The quantitative estimate of drug-likeness (QED) is 0.756. The Labute approximate surface area is 138 Å². The van der Waals surface area contributed by atoms with Gasteiger partial charge in [0.05, 0.1) is 10.5 Å². The average molecular weight is 423 g/mol. The lowest BCUT2D eigenvalue weighted by Crippen LogP contribution is -2.38. The Morgan fingerprint density at radius 1 is 1.38 bits per heavy atom. The molecule has 0 atom stereocenters. The molecule has 2 rings (SSSR count). The smallest absolute Gasteiger partial charge is 0.336 e. The van der Waals surface area contributed by atoms with Gasteiger partial charge in [-0.05, 0) is 59.5 Å². The largest absolute Gasteiger partial charge is 0.478 e. The third-order valence-corrected chi connectivity index (χ3v) is 6.79. The minimum absolute atomic E-state index is 0.0279. The number of piperidine rings is 1. The number of hydrogen-bond donors (Lipinski definition) is 1. The molecule has 0 bridgehead atoms. The van der Waals surface area contributed by atoms with Crippen LogP contribution in [0.15, 0.2) is 23.1 Å². The number of nitrogens with zero attached hydrogens (tertiary/aromatic N) is 1. The summed E-state index contributed by atoms with van der Waals surface area (Å²) in [6, 6.07) is 4.27. The molecule has 0 saturated carbocycles. The second-order valence-corrected chi connectivity index (χ2v) is 8.30. The SMILES string of the molecule is CCC1CCN(S(=O)(=O)c2ccc(I)c(C(=O)O)c2)CC1. The van der Waals surface area contributed by atoms with Gasteiger partial charge in [-0.2, -0.15) is 4.31 Å². The lowest BCUT2D eigenvalue weighted by atomic mass is 9.96. The minimum atomic E-state index is -3.60. The molecule has 0 spiro atoms. The molecule has 116 valence electrons. The summed E-state index contributed by atoms with van der Waals surface area (Å²) in [7, 11) is -3.60. The molecule has 1 fully saturated rings. The first-order valence-corrected chi connectivity index (χ1v) is 9.41. The summed E-state index contributed by atoms with van der Waals surface area (Å²) in [6.07, 6.45) is 2.80. The van der Waals surface area contributed by atoms with Crippen molar-refractivity contribution in [1.29, 1.82) is 0 Å². The molecule has 0 amide bonds. The van der Waals surface area contributed by atoms with E-state index in [1.165, 1.54) is 22.5 Å². The molecule has 1 N–H and O–H groups in total. The van der Waals surface area contributed by atoms with Crippen LogP contribution in [0.1, 0.15) is 36.5 Å². The van der Waals surface area contributed by atoms with E-state index in [1.807, 2.05) is 22.6 Å². The molecule has 0 radical (unpaired) electrons. The van der Waals surface area contributed by atoms with Gasteiger partial charge >= 0.3 is 5.97 Å². The Kier molecular flexibility index (Phi) is 5.26. The van der Waals surface area contributed by atoms with Gasteiger partial charge in [-0.15, -0.1) is 0 Å². The van der Waals surface area contributed by atoms with Crippen LogP contribution in [-0.2, 0) is 10.0 Å². The molecular weight excluding hydrogens is 405 g/mol. The first-order valence-electron chi connectivity index (χ1n) is 6.89. The zero-order valence-corrected chi connectivity index (χ0v) is 14.7. The predicted octanol–water partition coefficient (Wildman–Crippen LogP) is 2.80. The Bertz CT molecular complexity index is 636. The van der Waals surface area contributed by atoms with Crippen LogP contribution < -0.4 is 0 Å². The number of aromatic carboxylic acids is 1. The summed E-state index contributed by atoms with van der Waals surface area (Å²) in [5.74, 6) is -0.524. The summed E-state index contributed by atoms with van der Waals surface area (Å²) >= 11 is 1.89. The van der Waals surface area contributed by atoms with E-state index in [2.05, 4.69) is 6.92 Å². The van der Waals surface area contributed by atoms with E-state index in [0.717, 1.165) is 19.3 Å². The van der Waals surface area contributed by atoms with E-state index in [9.17, 15) is 13.2 Å². The molecule has 1 aliphatic rings. The maximum Gasteiger partial charge on any atom is 0.336 e. The van der Waals surface area contributed by atoms with Crippen molar-refractivity contribution in [1.82, 2.24) is 4.31 Å². The van der Waals surface area contributed by atoms with Gasteiger partial charge in [0, 0.05) is 16.7 Å². The number of benzene rings is 1. The van der Waals surface area contributed by atoms with Gasteiger partial charge in [0.1, 0.15) is 0 Å². The molecule has 0 unspecified atom stereocenters. The van der Waals surface area contributed by atoms with Crippen molar-refractivity contribution in [2.75, 3.05) is 13.1 Å². The van der Waals surface area contributed by atoms with Gasteiger partial charge in [0.15, 0.2) is 0 Å². The zero-order chi connectivity index (χ0) is 15.6. The van der Waals surface area contributed by atoms with Crippen LogP contribution in [0.4, 0.5) is 0 Å². The third kappa shape index (κ3) is 3.57. The molecule has 1 saturated heterocycles. The number of hydrogen-bond acceptors (Lipinski definition) is 3. The fraction of sp³-hybridized carbons (Fsp3) is 0.500. The normalized spacial score (nSPS) is 17.8. The molecule has 21 heavy (non-hydrogen) atoms. The van der Waals surface area contributed by atoms with E-state index < -0.39 is 16.0 Å². The van der Waals surface area contributed by atoms with Crippen LogP contribution >= 0.6 is 22.6 Å². The number of carboxylic acids is 1. The third-order valence-electron chi connectivity index (χ3n) is 3.96. The summed E-state index contributed by atoms with van der Waals surface area (Å²) in [5.41, 5.74) is 0.0279. The second-order valence-electron chi connectivity index (χ2n) is 5.20. The fourth-order valence-electron chi connectivity index (χ4n) is 2.54. The van der Waals surface area contributed by atoms with Crippen LogP contribution in [0, 0.1) is 9.49 Å². The Balaban J connectivity index is 2.28. The van der Waals surface area contributed by atoms with Crippen molar-refractivity contribution in [3.05, 3.63) is 27.3 Å². The van der Waals surface area contributed by atoms with Gasteiger partial charge in [-0.1, -0.05) is 13.3 Å². The van der Waals surface area contributed by atoms with Gasteiger partial charge in [0.2, 0.25) is 10.0 Å². The molecule has 0 aromatic heterocycles. The first-order chi connectivity index (χ1) is 9.86. The highest BCUT2D eigenvalue weighted by molar-refractivity contribution is 14.1. The number of sulfonamides is 1. The molecule has 7 heteroatoms. The van der Waals surface area contributed by atoms with Crippen molar-refractivity contribution in [3.8, 4) is 0 Å². The van der Waals surface area contributed by atoms with E-state index in [1.54, 1.807) is 0 Å². The average Bonchev–Trinajstić information content (AvgIpc) is 2.47. The summed E-state index contributed by atoms with van der Waals surface area (Å²) in [6.45, 7) is 3.14. The Hall–Kier alpha value is -0.670.